The first-order chi connectivity index (χ1) is 12.8. The van der Waals surface area contributed by atoms with Gasteiger partial charge in [-0.15, -0.1) is 0 Å². The summed E-state index contributed by atoms with van der Waals surface area (Å²) < 4.78 is 5.75. The van der Waals surface area contributed by atoms with Gasteiger partial charge in [0, 0.05) is 23.1 Å². The highest BCUT2D eigenvalue weighted by atomic mass is 35.5. The number of hydrogen-bond acceptors (Lipinski definition) is 3. The van der Waals surface area contributed by atoms with Crippen LogP contribution >= 0.6 is 23.4 Å². The van der Waals surface area contributed by atoms with Crippen LogP contribution in [0.1, 0.15) is 38.8 Å². The second-order valence-corrected chi connectivity index (χ2v) is 9.05. The molecule has 1 N–H and O–H groups in total. The average molecular weight is 406 g/mol. The molecule has 2 aromatic rings. The van der Waals surface area contributed by atoms with Crippen LogP contribution in [0.25, 0.3) is 0 Å². The molecular formula is C22H28ClNO2S. The maximum absolute atomic E-state index is 12.2. The predicted molar refractivity (Wildman–Crippen MR) is 116 cm³/mol. The fourth-order valence-electron chi connectivity index (χ4n) is 2.50. The Labute approximate surface area is 171 Å². The van der Waals surface area contributed by atoms with E-state index in [4.69, 9.17) is 16.3 Å². The van der Waals surface area contributed by atoms with Gasteiger partial charge in [-0.25, -0.2) is 0 Å². The molecule has 2 aromatic carbocycles. The second-order valence-electron chi connectivity index (χ2n) is 7.51. The fraction of sp³-hybridized carbons (Fsp3) is 0.409. The molecule has 146 valence electrons. The van der Waals surface area contributed by atoms with Gasteiger partial charge in [-0.3, -0.25) is 4.79 Å². The summed E-state index contributed by atoms with van der Waals surface area (Å²) in [6.07, 6.45) is -0.525. The Bertz CT molecular complexity index is 741. The Morgan fingerprint density at radius 2 is 1.89 bits per heavy atom. The van der Waals surface area contributed by atoms with Crippen LogP contribution in [-0.2, 0) is 16.0 Å². The van der Waals surface area contributed by atoms with E-state index in [1.807, 2.05) is 42.5 Å². The lowest BCUT2D eigenvalue weighted by Gasteiger charge is -2.20. The molecule has 0 spiro atoms. The molecule has 0 aliphatic carbocycles. The molecule has 0 radical (unpaired) electrons. The van der Waals surface area contributed by atoms with Crippen molar-refractivity contribution in [1.29, 1.82) is 0 Å². The fourth-order valence-corrected chi connectivity index (χ4v) is 3.52. The van der Waals surface area contributed by atoms with Crippen molar-refractivity contribution in [3.8, 4) is 5.75 Å². The lowest BCUT2D eigenvalue weighted by Crippen LogP contribution is -2.37. The zero-order chi connectivity index (χ0) is 19.9. The van der Waals surface area contributed by atoms with Crippen LogP contribution in [0, 0.1) is 0 Å². The smallest absolute Gasteiger partial charge is 0.260 e. The number of ether oxygens (including phenoxy) is 1. The van der Waals surface area contributed by atoms with E-state index in [1.165, 1.54) is 11.1 Å². The van der Waals surface area contributed by atoms with Crippen LogP contribution in [0.4, 0.5) is 0 Å². The van der Waals surface area contributed by atoms with E-state index in [0.717, 1.165) is 16.5 Å². The van der Waals surface area contributed by atoms with E-state index in [1.54, 1.807) is 18.7 Å². The molecule has 1 atom stereocenters. The Balaban J connectivity index is 1.69. The minimum atomic E-state index is -0.525. The molecule has 0 aliphatic heterocycles. The number of amides is 1. The first-order valence-corrected chi connectivity index (χ1v) is 10.7. The van der Waals surface area contributed by atoms with Gasteiger partial charge >= 0.3 is 0 Å². The monoisotopic (exact) mass is 405 g/mol. The summed E-state index contributed by atoms with van der Waals surface area (Å²) in [6.45, 7) is 8.89. The quantitative estimate of drug-likeness (QED) is 0.593. The van der Waals surface area contributed by atoms with Gasteiger partial charge in [0.15, 0.2) is 6.10 Å². The van der Waals surface area contributed by atoms with E-state index in [-0.39, 0.29) is 11.3 Å². The van der Waals surface area contributed by atoms with E-state index >= 15 is 0 Å². The molecular weight excluding hydrogens is 378 g/mol. The number of hydrogen-bond donors (Lipinski definition) is 1. The number of rotatable bonds is 8. The minimum absolute atomic E-state index is 0.0988. The van der Waals surface area contributed by atoms with Crippen molar-refractivity contribution in [2.24, 2.45) is 0 Å². The van der Waals surface area contributed by atoms with Crippen LogP contribution in [0.2, 0.25) is 5.02 Å². The van der Waals surface area contributed by atoms with E-state index < -0.39 is 6.10 Å². The van der Waals surface area contributed by atoms with Gasteiger partial charge in [0.2, 0.25) is 0 Å². The summed E-state index contributed by atoms with van der Waals surface area (Å²) in [5.74, 6) is 2.33. The van der Waals surface area contributed by atoms with Crippen LogP contribution in [0.5, 0.6) is 5.75 Å². The van der Waals surface area contributed by atoms with E-state index in [2.05, 4.69) is 32.2 Å². The Hall–Kier alpha value is -1.65. The topological polar surface area (TPSA) is 38.3 Å². The summed E-state index contributed by atoms with van der Waals surface area (Å²) >= 11 is 7.74. The van der Waals surface area contributed by atoms with Gasteiger partial charge in [-0.2, -0.15) is 11.8 Å². The van der Waals surface area contributed by atoms with Gasteiger partial charge in [0.05, 0.1) is 0 Å². The SMILES string of the molecule is C[C@H](Oc1ccc(C(C)(C)C)cc1)C(=O)NCCSCc1cccc(Cl)c1. The lowest BCUT2D eigenvalue weighted by atomic mass is 9.87. The third-order valence-electron chi connectivity index (χ3n) is 4.11. The first kappa shape index (κ1) is 21.6. The Kier molecular flexibility index (Phi) is 8.06. The molecule has 0 unspecified atom stereocenters. The molecule has 0 heterocycles. The third kappa shape index (κ3) is 7.47. The lowest BCUT2D eigenvalue weighted by molar-refractivity contribution is -0.127. The molecule has 1 amide bonds. The van der Waals surface area contributed by atoms with Crippen molar-refractivity contribution in [1.82, 2.24) is 5.32 Å². The molecule has 0 saturated carbocycles. The number of halogens is 1. The minimum Gasteiger partial charge on any atom is -0.481 e. The van der Waals surface area contributed by atoms with Crippen molar-refractivity contribution in [3.05, 3.63) is 64.7 Å². The standard InChI is InChI=1S/C22H28ClNO2S/c1-16(26-20-10-8-18(9-11-20)22(2,3)4)21(25)24-12-13-27-15-17-6-5-7-19(23)14-17/h5-11,14,16H,12-13,15H2,1-4H3,(H,24,25)/t16-/m0/s1. The number of carbonyl (C=O) groups excluding carboxylic acids is 1. The van der Waals surface area contributed by atoms with E-state index in [9.17, 15) is 4.79 Å². The molecule has 0 aliphatic rings. The van der Waals surface area contributed by atoms with E-state index in [0.29, 0.717) is 12.3 Å². The Morgan fingerprint density at radius 3 is 2.52 bits per heavy atom. The van der Waals surface area contributed by atoms with Crippen LogP contribution < -0.4 is 10.1 Å². The zero-order valence-electron chi connectivity index (χ0n) is 16.4. The van der Waals surface area contributed by atoms with Gasteiger partial charge in [-0.05, 0) is 47.7 Å². The highest BCUT2D eigenvalue weighted by Gasteiger charge is 2.16. The van der Waals surface area contributed by atoms with Crippen molar-refractivity contribution in [2.45, 2.75) is 45.0 Å². The zero-order valence-corrected chi connectivity index (χ0v) is 18.0. The van der Waals surface area contributed by atoms with Crippen molar-refractivity contribution >= 4 is 29.3 Å². The van der Waals surface area contributed by atoms with Crippen LogP contribution in [-0.4, -0.2) is 24.3 Å². The van der Waals surface area contributed by atoms with Crippen LogP contribution in [0.15, 0.2) is 48.5 Å². The van der Waals surface area contributed by atoms with Crippen LogP contribution in [0.3, 0.4) is 0 Å². The molecule has 0 bridgehead atoms. The Morgan fingerprint density at radius 1 is 1.19 bits per heavy atom. The third-order valence-corrected chi connectivity index (χ3v) is 5.37. The van der Waals surface area contributed by atoms with Gasteiger partial charge in [0.25, 0.3) is 5.91 Å². The van der Waals surface area contributed by atoms with Gasteiger partial charge < -0.3 is 10.1 Å². The van der Waals surface area contributed by atoms with Crippen molar-refractivity contribution in [3.63, 3.8) is 0 Å². The number of carbonyl (C=O) groups is 1. The number of benzene rings is 2. The molecule has 2 rings (SSSR count). The predicted octanol–water partition coefficient (Wildman–Crippen LogP) is 5.45. The summed E-state index contributed by atoms with van der Waals surface area (Å²) in [7, 11) is 0. The summed E-state index contributed by atoms with van der Waals surface area (Å²) in [5.41, 5.74) is 2.53. The first-order valence-electron chi connectivity index (χ1n) is 9.13. The van der Waals surface area contributed by atoms with Crippen molar-refractivity contribution in [2.75, 3.05) is 12.3 Å². The number of thioether (sulfide) groups is 1. The normalized spacial score (nSPS) is 12.5. The maximum Gasteiger partial charge on any atom is 0.260 e. The second kappa shape index (κ2) is 10.0. The molecule has 27 heavy (non-hydrogen) atoms. The largest absolute Gasteiger partial charge is 0.481 e. The van der Waals surface area contributed by atoms with Gasteiger partial charge in [-0.1, -0.05) is 56.6 Å². The molecule has 0 saturated heterocycles. The maximum atomic E-state index is 12.2. The highest BCUT2D eigenvalue weighted by Crippen LogP contribution is 2.24. The molecule has 3 nitrogen and oxygen atoms in total. The molecule has 0 fully saturated rings. The summed E-state index contributed by atoms with van der Waals surface area (Å²) in [6, 6.07) is 15.8. The molecule has 0 aromatic heterocycles. The highest BCUT2D eigenvalue weighted by molar-refractivity contribution is 7.98. The molecule has 5 heteroatoms. The van der Waals surface area contributed by atoms with Gasteiger partial charge in [0.1, 0.15) is 5.75 Å². The number of nitrogens with one attached hydrogen (secondary N) is 1. The van der Waals surface area contributed by atoms with Crippen molar-refractivity contribution < 1.29 is 9.53 Å². The average Bonchev–Trinajstić information content (AvgIpc) is 2.61. The summed E-state index contributed by atoms with van der Waals surface area (Å²) in [5, 5.41) is 3.68. The summed E-state index contributed by atoms with van der Waals surface area (Å²) in [4.78, 5) is 12.2.